The Kier molecular flexibility index (Phi) is 3.54. The third-order valence-corrected chi connectivity index (χ3v) is 3.67. The predicted octanol–water partition coefficient (Wildman–Crippen LogP) is 1.56. The maximum atomic E-state index is 10.1. The van der Waals surface area contributed by atoms with Gasteiger partial charge in [0, 0.05) is 25.2 Å². The van der Waals surface area contributed by atoms with Gasteiger partial charge < -0.3 is 5.11 Å². The molecule has 0 saturated carbocycles. The number of halogens is 1. The van der Waals surface area contributed by atoms with Crippen molar-refractivity contribution >= 4 is 15.9 Å². The zero-order valence-corrected chi connectivity index (χ0v) is 11.2. The molecule has 0 radical (unpaired) electrons. The fraction of sp³-hybridized carbons (Fsp3) is 0.364. The highest BCUT2D eigenvalue weighted by atomic mass is 79.9. The highest BCUT2D eigenvalue weighted by Gasteiger charge is 2.16. The second-order valence-corrected chi connectivity index (χ2v) is 4.66. The molecule has 2 heterocycles. The van der Waals surface area contributed by atoms with Crippen LogP contribution in [0.2, 0.25) is 0 Å². The first-order chi connectivity index (χ1) is 8.09. The zero-order valence-electron chi connectivity index (χ0n) is 9.63. The lowest BCUT2D eigenvalue weighted by molar-refractivity contribution is 0.175. The van der Waals surface area contributed by atoms with Crippen LogP contribution in [0.4, 0.5) is 0 Å². The van der Waals surface area contributed by atoms with E-state index in [1.165, 1.54) is 0 Å². The quantitative estimate of drug-likeness (QED) is 0.933. The van der Waals surface area contributed by atoms with Crippen LogP contribution >= 0.6 is 15.9 Å². The number of aromatic nitrogens is 4. The van der Waals surface area contributed by atoms with E-state index in [9.17, 15) is 5.11 Å². The lowest BCUT2D eigenvalue weighted by atomic mass is 10.1. The molecule has 0 aromatic carbocycles. The van der Waals surface area contributed by atoms with Crippen LogP contribution in [0.25, 0.3) is 0 Å². The van der Waals surface area contributed by atoms with Gasteiger partial charge >= 0.3 is 0 Å². The average Bonchev–Trinajstić information content (AvgIpc) is 2.57. The second kappa shape index (κ2) is 4.93. The fourth-order valence-corrected chi connectivity index (χ4v) is 2.20. The smallest absolute Gasteiger partial charge is 0.0861 e. The molecule has 0 amide bonds. The Morgan fingerprint density at radius 2 is 2.24 bits per heavy atom. The maximum absolute atomic E-state index is 10.1. The molecule has 0 spiro atoms. The van der Waals surface area contributed by atoms with Gasteiger partial charge in [-0.15, -0.1) is 0 Å². The average molecular weight is 297 g/mol. The normalized spacial score (nSPS) is 12.7. The lowest BCUT2D eigenvalue weighted by Gasteiger charge is -2.10. The molecule has 90 valence electrons. The first-order valence-electron chi connectivity index (χ1n) is 5.22. The van der Waals surface area contributed by atoms with Crippen molar-refractivity contribution in [3.8, 4) is 0 Å². The minimum atomic E-state index is -0.600. The molecular weight excluding hydrogens is 284 g/mol. The summed E-state index contributed by atoms with van der Waals surface area (Å²) in [5.41, 5.74) is 2.64. The van der Waals surface area contributed by atoms with Crippen molar-refractivity contribution in [3.63, 3.8) is 0 Å². The summed E-state index contributed by atoms with van der Waals surface area (Å²) in [6, 6.07) is 1.76. The summed E-state index contributed by atoms with van der Waals surface area (Å²) >= 11 is 3.48. The van der Waals surface area contributed by atoms with E-state index in [2.05, 4.69) is 31.2 Å². The molecule has 0 aliphatic rings. The maximum Gasteiger partial charge on any atom is 0.0861 e. The third-order valence-electron chi connectivity index (χ3n) is 2.64. The molecule has 5 nitrogen and oxygen atoms in total. The third kappa shape index (κ3) is 2.53. The van der Waals surface area contributed by atoms with E-state index in [1.807, 2.05) is 14.0 Å². The van der Waals surface area contributed by atoms with Gasteiger partial charge in [0.25, 0.3) is 0 Å². The Labute approximate surface area is 108 Å². The molecular formula is C11H13BrN4O. The van der Waals surface area contributed by atoms with Crippen molar-refractivity contribution in [2.75, 3.05) is 0 Å². The summed E-state index contributed by atoms with van der Waals surface area (Å²) in [4.78, 5) is 0. The molecule has 6 heteroatoms. The molecule has 0 fully saturated rings. The molecule has 0 aliphatic heterocycles. The minimum Gasteiger partial charge on any atom is -0.388 e. The molecule has 0 bridgehead atoms. The van der Waals surface area contributed by atoms with Gasteiger partial charge in [-0.3, -0.25) is 4.68 Å². The number of rotatable bonds is 3. The van der Waals surface area contributed by atoms with Gasteiger partial charge in [0.15, 0.2) is 0 Å². The SMILES string of the molecule is Cc1nn(C)c(CC(O)c2ccnnc2)c1Br. The Hall–Kier alpha value is -1.27. The summed E-state index contributed by atoms with van der Waals surface area (Å²) in [7, 11) is 1.87. The van der Waals surface area contributed by atoms with Gasteiger partial charge in [-0.2, -0.15) is 15.3 Å². The molecule has 0 saturated heterocycles. The van der Waals surface area contributed by atoms with Gasteiger partial charge in [0.1, 0.15) is 0 Å². The monoisotopic (exact) mass is 296 g/mol. The van der Waals surface area contributed by atoms with Crippen LogP contribution in [0.1, 0.15) is 23.1 Å². The summed E-state index contributed by atoms with van der Waals surface area (Å²) in [5.74, 6) is 0. The van der Waals surface area contributed by atoms with E-state index in [0.29, 0.717) is 6.42 Å². The van der Waals surface area contributed by atoms with E-state index in [1.54, 1.807) is 23.1 Å². The highest BCUT2D eigenvalue weighted by Crippen LogP contribution is 2.25. The van der Waals surface area contributed by atoms with E-state index in [4.69, 9.17) is 0 Å². The standard InChI is InChI=1S/C11H13BrN4O/c1-7-11(12)9(16(2)15-7)5-10(17)8-3-4-13-14-6-8/h3-4,6,10,17H,5H2,1-2H3. The first kappa shape index (κ1) is 12.2. The van der Waals surface area contributed by atoms with Crippen molar-refractivity contribution in [2.24, 2.45) is 7.05 Å². The van der Waals surface area contributed by atoms with Gasteiger partial charge in [-0.25, -0.2) is 0 Å². The van der Waals surface area contributed by atoms with Crippen molar-refractivity contribution in [3.05, 3.63) is 39.9 Å². The Bertz CT molecular complexity index is 512. The summed E-state index contributed by atoms with van der Waals surface area (Å²) in [6.07, 6.45) is 3.03. The van der Waals surface area contributed by atoms with E-state index >= 15 is 0 Å². The number of hydrogen-bond donors (Lipinski definition) is 1. The first-order valence-corrected chi connectivity index (χ1v) is 6.01. The molecule has 1 N–H and O–H groups in total. The van der Waals surface area contributed by atoms with Crippen molar-refractivity contribution in [2.45, 2.75) is 19.4 Å². The van der Waals surface area contributed by atoms with Crippen LogP contribution in [0.5, 0.6) is 0 Å². The summed E-state index contributed by atoms with van der Waals surface area (Å²) in [5, 5.41) is 21.8. The Balaban J connectivity index is 2.22. The van der Waals surface area contributed by atoms with E-state index in [0.717, 1.165) is 21.4 Å². The molecule has 1 unspecified atom stereocenters. The van der Waals surface area contributed by atoms with E-state index < -0.39 is 6.10 Å². The van der Waals surface area contributed by atoms with Crippen LogP contribution in [-0.2, 0) is 13.5 Å². The lowest BCUT2D eigenvalue weighted by Crippen LogP contribution is -2.07. The molecule has 17 heavy (non-hydrogen) atoms. The molecule has 1 atom stereocenters. The number of aryl methyl sites for hydroxylation is 2. The van der Waals surface area contributed by atoms with Crippen LogP contribution in [0.3, 0.4) is 0 Å². The number of nitrogens with zero attached hydrogens (tertiary/aromatic N) is 4. The van der Waals surface area contributed by atoms with Crippen LogP contribution in [0, 0.1) is 6.92 Å². The molecule has 2 aromatic heterocycles. The van der Waals surface area contributed by atoms with Crippen molar-refractivity contribution < 1.29 is 5.11 Å². The summed E-state index contributed by atoms with van der Waals surface area (Å²) < 4.78 is 2.72. The summed E-state index contributed by atoms with van der Waals surface area (Å²) in [6.45, 7) is 1.92. The molecule has 2 aromatic rings. The predicted molar refractivity (Wildman–Crippen MR) is 66.3 cm³/mol. The minimum absolute atomic E-state index is 0.490. The van der Waals surface area contributed by atoms with Crippen LogP contribution in [-0.4, -0.2) is 25.1 Å². The fourth-order valence-electron chi connectivity index (χ4n) is 1.70. The Morgan fingerprint density at radius 1 is 1.47 bits per heavy atom. The number of aliphatic hydroxyl groups excluding tert-OH is 1. The van der Waals surface area contributed by atoms with Crippen LogP contribution < -0.4 is 0 Å². The topological polar surface area (TPSA) is 63.8 Å². The van der Waals surface area contributed by atoms with Gasteiger partial charge in [0.05, 0.1) is 28.2 Å². The van der Waals surface area contributed by atoms with Crippen molar-refractivity contribution in [1.82, 2.24) is 20.0 Å². The number of aliphatic hydroxyl groups is 1. The molecule has 0 aliphatic carbocycles. The van der Waals surface area contributed by atoms with Gasteiger partial charge in [-0.05, 0) is 28.9 Å². The number of hydrogen-bond acceptors (Lipinski definition) is 4. The zero-order chi connectivity index (χ0) is 12.4. The van der Waals surface area contributed by atoms with Crippen LogP contribution in [0.15, 0.2) is 22.9 Å². The highest BCUT2D eigenvalue weighted by molar-refractivity contribution is 9.10. The Morgan fingerprint density at radius 3 is 2.76 bits per heavy atom. The van der Waals surface area contributed by atoms with Crippen molar-refractivity contribution in [1.29, 1.82) is 0 Å². The van der Waals surface area contributed by atoms with Gasteiger partial charge in [-0.1, -0.05) is 0 Å². The largest absolute Gasteiger partial charge is 0.388 e. The van der Waals surface area contributed by atoms with E-state index in [-0.39, 0.29) is 0 Å². The van der Waals surface area contributed by atoms with Gasteiger partial charge in [0.2, 0.25) is 0 Å². The molecule has 2 rings (SSSR count). The second-order valence-electron chi connectivity index (χ2n) is 3.87.